The molecule has 0 radical (unpaired) electrons. The van der Waals surface area contributed by atoms with E-state index in [1.165, 1.54) is 7.11 Å². The highest BCUT2D eigenvalue weighted by Crippen LogP contribution is 2.69. The topological polar surface area (TPSA) is 105 Å². The van der Waals surface area contributed by atoms with Gasteiger partial charge < -0.3 is 18.9 Å². The minimum Gasteiger partial charge on any atom is -0.469 e. The summed E-state index contributed by atoms with van der Waals surface area (Å²) in [5, 5.41) is 0. The van der Waals surface area contributed by atoms with Crippen LogP contribution in [0, 0.1) is 46.3 Å². The molecule has 8 nitrogen and oxygen atoms in total. The Kier molecular flexibility index (Phi) is 10.4. The molecule has 4 aliphatic rings. The van der Waals surface area contributed by atoms with Crippen molar-refractivity contribution in [1.82, 2.24) is 0 Å². The molecule has 0 bridgehead atoms. The van der Waals surface area contributed by atoms with Crippen molar-refractivity contribution >= 4 is 23.9 Å². The van der Waals surface area contributed by atoms with Crippen molar-refractivity contribution < 1.29 is 38.1 Å². The van der Waals surface area contributed by atoms with E-state index in [1.807, 2.05) is 0 Å². The molecule has 0 spiro atoms. The second-order valence-corrected chi connectivity index (χ2v) is 15.1. The van der Waals surface area contributed by atoms with Gasteiger partial charge in [-0.1, -0.05) is 40.5 Å². The molecule has 11 atom stereocenters. The van der Waals surface area contributed by atoms with Crippen LogP contribution in [0.4, 0.5) is 0 Å². The summed E-state index contributed by atoms with van der Waals surface area (Å²) in [6, 6.07) is 0. The number of esters is 4. The zero-order chi connectivity index (χ0) is 33.4. The fraction of sp³-hybridized carbons (Fsp3) is 0.730. The highest BCUT2D eigenvalue weighted by molar-refractivity contribution is 5.88. The number of hydrogen-bond donors (Lipinski definition) is 0. The van der Waals surface area contributed by atoms with Crippen LogP contribution in [0.25, 0.3) is 0 Å². The Morgan fingerprint density at radius 3 is 2.00 bits per heavy atom. The van der Waals surface area contributed by atoms with E-state index in [2.05, 4.69) is 40.5 Å². The SMILES string of the molecule is C=C(C)C(=O)OC1CC2C[C@H](OC(=O)C(=C)C)CC[C@]2(C)C2C[C@H](OC(=O)C(=C)C)[C@]3(C)C(C(C)CCC(=O)OC)CCC3C12. The van der Waals surface area contributed by atoms with E-state index in [4.69, 9.17) is 18.9 Å². The van der Waals surface area contributed by atoms with E-state index in [9.17, 15) is 19.2 Å². The maximum atomic E-state index is 13.2. The highest BCUT2D eigenvalue weighted by atomic mass is 16.6. The summed E-state index contributed by atoms with van der Waals surface area (Å²) in [5.74, 6) is -0.472. The number of carbonyl (C=O) groups is 4. The van der Waals surface area contributed by atoms with Crippen molar-refractivity contribution in [3.8, 4) is 0 Å². The van der Waals surface area contributed by atoms with Gasteiger partial charge in [-0.3, -0.25) is 4.79 Å². The van der Waals surface area contributed by atoms with Gasteiger partial charge in [-0.05, 0) is 107 Å². The predicted octanol–water partition coefficient (Wildman–Crippen LogP) is 6.92. The molecule has 8 heteroatoms. The molecule has 0 aromatic carbocycles. The van der Waals surface area contributed by atoms with Crippen LogP contribution >= 0.6 is 0 Å². The third-order valence-electron chi connectivity index (χ3n) is 12.3. The zero-order valence-corrected chi connectivity index (χ0v) is 28.4. The summed E-state index contributed by atoms with van der Waals surface area (Å²) in [6.07, 6.45) is 5.61. The van der Waals surface area contributed by atoms with Crippen molar-refractivity contribution in [1.29, 1.82) is 0 Å². The number of methoxy groups -OCH3 is 1. The zero-order valence-electron chi connectivity index (χ0n) is 28.4. The third kappa shape index (κ3) is 6.66. The highest BCUT2D eigenvalue weighted by Gasteiger charge is 2.67. The number of carbonyl (C=O) groups excluding carboxylic acids is 4. The standard InChI is InChI=1S/C37H54O8/c1-20(2)33(39)43-25-15-16-36(8)24(17-25)18-29(44-34(40)21(3)4)32-27-13-12-26(23(7)11-14-31(38)42-10)37(27,9)30(19-28(32)36)45-35(41)22(5)6/h23-30,32H,1,3,5,11-19H2,2,4,6-10H3/t23?,24?,25-,26?,27?,28?,29?,30+,32?,36+,37-/m1/s1. The minimum absolute atomic E-state index is 0.0756. The van der Waals surface area contributed by atoms with Crippen LogP contribution < -0.4 is 0 Å². The molecule has 250 valence electrons. The summed E-state index contributed by atoms with van der Waals surface area (Å²) in [5.41, 5.74) is 0.612. The van der Waals surface area contributed by atoms with Crippen LogP contribution in [0.1, 0.15) is 99.3 Å². The van der Waals surface area contributed by atoms with Gasteiger partial charge in [-0.2, -0.15) is 0 Å². The van der Waals surface area contributed by atoms with Crippen molar-refractivity contribution in [2.24, 2.45) is 46.3 Å². The molecule has 0 N–H and O–H groups in total. The number of fused-ring (bicyclic) bond motifs is 5. The monoisotopic (exact) mass is 626 g/mol. The van der Waals surface area contributed by atoms with Gasteiger partial charge in [-0.15, -0.1) is 0 Å². The van der Waals surface area contributed by atoms with Gasteiger partial charge in [0.05, 0.1) is 7.11 Å². The van der Waals surface area contributed by atoms with Gasteiger partial charge in [0.2, 0.25) is 0 Å². The average molecular weight is 627 g/mol. The quantitative estimate of drug-likeness (QED) is 0.146. The van der Waals surface area contributed by atoms with Crippen LogP contribution in [0.2, 0.25) is 0 Å². The summed E-state index contributed by atoms with van der Waals surface area (Å²) in [6.45, 7) is 23.3. The first kappa shape index (κ1) is 35.0. The predicted molar refractivity (Wildman–Crippen MR) is 170 cm³/mol. The Morgan fingerprint density at radius 2 is 1.40 bits per heavy atom. The fourth-order valence-corrected chi connectivity index (χ4v) is 9.84. The molecular weight excluding hydrogens is 572 g/mol. The second kappa shape index (κ2) is 13.4. The van der Waals surface area contributed by atoms with Gasteiger partial charge in [0.25, 0.3) is 0 Å². The van der Waals surface area contributed by atoms with Crippen molar-refractivity contribution in [3.05, 3.63) is 36.5 Å². The van der Waals surface area contributed by atoms with Crippen LogP contribution in [-0.4, -0.2) is 49.3 Å². The summed E-state index contributed by atoms with van der Waals surface area (Å²) < 4.78 is 23.5. The largest absolute Gasteiger partial charge is 0.469 e. The molecule has 4 aliphatic carbocycles. The smallest absolute Gasteiger partial charge is 0.333 e. The van der Waals surface area contributed by atoms with E-state index in [0.29, 0.717) is 48.8 Å². The third-order valence-corrected chi connectivity index (χ3v) is 12.3. The Morgan fingerprint density at radius 1 is 0.800 bits per heavy atom. The summed E-state index contributed by atoms with van der Waals surface area (Å²) in [4.78, 5) is 50.7. The fourth-order valence-electron chi connectivity index (χ4n) is 9.84. The number of ether oxygens (including phenoxy) is 4. The van der Waals surface area contributed by atoms with E-state index in [-0.39, 0.29) is 88.5 Å². The molecule has 0 aromatic heterocycles. The first-order chi connectivity index (χ1) is 21.0. The maximum Gasteiger partial charge on any atom is 0.333 e. The van der Waals surface area contributed by atoms with Crippen molar-refractivity contribution in [3.63, 3.8) is 0 Å². The lowest BCUT2D eigenvalue weighted by Crippen LogP contribution is -2.63. The summed E-state index contributed by atoms with van der Waals surface area (Å²) in [7, 11) is 1.41. The molecule has 4 saturated carbocycles. The van der Waals surface area contributed by atoms with Crippen LogP contribution in [0.3, 0.4) is 0 Å². The Balaban J connectivity index is 1.74. The Labute approximate surface area is 269 Å². The van der Waals surface area contributed by atoms with Gasteiger partial charge in [-0.25, -0.2) is 14.4 Å². The molecule has 4 fully saturated rings. The van der Waals surface area contributed by atoms with E-state index in [1.54, 1.807) is 20.8 Å². The molecule has 0 aliphatic heterocycles. The number of hydrogen-bond acceptors (Lipinski definition) is 8. The van der Waals surface area contributed by atoms with E-state index < -0.39 is 0 Å². The molecule has 7 unspecified atom stereocenters. The van der Waals surface area contributed by atoms with E-state index in [0.717, 1.165) is 25.7 Å². The number of rotatable bonds is 10. The van der Waals surface area contributed by atoms with Crippen molar-refractivity contribution in [2.45, 2.75) is 118 Å². The second-order valence-electron chi connectivity index (χ2n) is 15.1. The lowest BCUT2D eigenvalue weighted by Gasteiger charge is -2.64. The molecule has 0 aromatic rings. The summed E-state index contributed by atoms with van der Waals surface area (Å²) >= 11 is 0. The van der Waals surface area contributed by atoms with Crippen LogP contribution in [0.5, 0.6) is 0 Å². The van der Waals surface area contributed by atoms with Gasteiger partial charge >= 0.3 is 23.9 Å². The Bertz CT molecular complexity index is 1230. The van der Waals surface area contributed by atoms with Crippen molar-refractivity contribution in [2.75, 3.05) is 7.11 Å². The van der Waals surface area contributed by atoms with E-state index >= 15 is 0 Å². The normalized spacial score (nSPS) is 37.5. The first-order valence-corrected chi connectivity index (χ1v) is 16.7. The maximum absolute atomic E-state index is 13.2. The van der Waals surface area contributed by atoms with Gasteiger partial charge in [0.15, 0.2) is 0 Å². The first-order valence-electron chi connectivity index (χ1n) is 16.7. The Hall–Kier alpha value is -2.90. The lowest BCUT2D eigenvalue weighted by molar-refractivity contribution is -0.223. The lowest BCUT2D eigenvalue weighted by atomic mass is 9.43. The van der Waals surface area contributed by atoms with Gasteiger partial charge in [0, 0.05) is 34.5 Å². The van der Waals surface area contributed by atoms with Crippen LogP contribution in [-0.2, 0) is 38.1 Å². The molecule has 4 rings (SSSR count). The van der Waals surface area contributed by atoms with Gasteiger partial charge in [0.1, 0.15) is 18.3 Å². The molecule has 45 heavy (non-hydrogen) atoms. The average Bonchev–Trinajstić information content (AvgIpc) is 3.34. The molecular formula is C37H54O8. The molecule has 0 saturated heterocycles. The van der Waals surface area contributed by atoms with Crippen LogP contribution in [0.15, 0.2) is 36.5 Å². The molecule has 0 amide bonds. The molecule has 0 heterocycles. The minimum atomic E-state index is -0.387.